The van der Waals surface area contributed by atoms with Crippen LogP contribution in [0, 0.1) is 11.3 Å². The van der Waals surface area contributed by atoms with E-state index >= 15 is 0 Å². The predicted molar refractivity (Wildman–Crippen MR) is 101 cm³/mol. The number of hydrogen-bond donors (Lipinski definition) is 1. The van der Waals surface area contributed by atoms with Gasteiger partial charge in [-0.05, 0) is 24.6 Å². The first-order chi connectivity index (χ1) is 13.1. The van der Waals surface area contributed by atoms with Crippen LogP contribution in [0.5, 0.6) is 0 Å². The van der Waals surface area contributed by atoms with Crippen LogP contribution in [0.3, 0.4) is 0 Å². The highest BCUT2D eigenvalue weighted by molar-refractivity contribution is 5.90. The minimum atomic E-state index is -0.354. The molecule has 0 saturated carbocycles. The molecule has 2 heterocycles. The molecule has 1 aromatic heterocycles. The average molecular weight is 367 g/mol. The number of nitrogens with zero attached hydrogens (tertiary/aromatic N) is 4. The maximum Gasteiger partial charge on any atom is 0.255 e. The fourth-order valence-electron chi connectivity index (χ4n) is 2.89. The van der Waals surface area contributed by atoms with E-state index in [0.717, 1.165) is 0 Å². The SMILES string of the molecule is CCc1cc(=O)n(CC(=O)Nc2cccc(C#N)c2)c(N2CCOCC2)n1. The van der Waals surface area contributed by atoms with Gasteiger partial charge < -0.3 is 15.0 Å². The van der Waals surface area contributed by atoms with Crippen LogP contribution < -0.4 is 15.8 Å². The quantitative estimate of drug-likeness (QED) is 0.851. The molecule has 1 N–H and O–H groups in total. The van der Waals surface area contributed by atoms with E-state index in [9.17, 15) is 9.59 Å². The van der Waals surface area contributed by atoms with E-state index in [2.05, 4.69) is 10.3 Å². The van der Waals surface area contributed by atoms with Gasteiger partial charge in [0.25, 0.3) is 5.56 Å². The highest BCUT2D eigenvalue weighted by Crippen LogP contribution is 2.14. The van der Waals surface area contributed by atoms with Crippen LogP contribution in [0.1, 0.15) is 18.2 Å². The van der Waals surface area contributed by atoms with Crippen molar-refractivity contribution in [3.63, 3.8) is 0 Å². The summed E-state index contributed by atoms with van der Waals surface area (Å²) in [4.78, 5) is 31.6. The van der Waals surface area contributed by atoms with Crippen LogP contribution in [0.4, 0.5) is 11.6 Å². The maximum atomic E-state index is 12.6. The Kier molecular flexibility index (Phi) is 5.84. The molecule has 1 saturated heterocycles. The largest absolute Gasteiger partial charge is 0.378 e. The molecule has 0 atom stereocenters. The summed E-state index contributed by atoms with van der Waals surface area (Å²) in [5, 5.41) is 11.7. The Morgan fingerprint density at radius 3 is 2.81 bits per heavy atom. The lowest BCUT2D eigenvalue weighted by atomic mass is 10.2. The molecule has 0 spiro atoms. The highest BCUT2D eigenvalue weighted by Gasteiger charge is 2.20. The summed E-state index contributed by atoms with van der Waals surface area (Å²) in [6, 6.07) is 10.1. The molecule has 8 nitrogen and oxygen atoms in total. The summed E-state index contributed by atoms with van der Waals surface area (Å²) in [7, 11) is 0. The lowest BCUT2D eigenvalue weighted by Gasteiger charge is -2.29. The number of ether oxygens (including phenoxy) is 1. The van der Waals surface area contributed by atoms with Crippen LogP contribution in [0.2, 0.25) is 0 Å². The Labute approximate surface area is 157 Å². The van der Waals surface area contributed by atoms with Crippen LogP contribution in [0.25, 0.3) is 0 Å². The van der Waals surface area contributed by atoms with E-state index in [1.165, 1.54) is 10.6 Å². The van der Waals surface area contributed by atoms with Crippen molar-refractivity contribution >= 4 is 17.5 Å². The Morgan fingerprint density at radius 2 is 2.11 bits per heavy atom. The first-order valence-corrected chi connectivity index (χ1v) is 8.84. The molecular formula is C19H21N5O3. The molecule has 140 valence electrons. The van der Waals surface area contributed by atoms with Crippen molar-refractivity contribution in [2.45, 2.75) is 19.9 Å². The van der Waals surface area contributed by atoms with E-state index in [0.29, 0.717) is 55.6 Å². The summed E-state index contributed by atoms with van der Waals surface area (Å²) in [5.74, 6) is 0.135. The molecule has 1 aromatic carbocycles. The second kappa shape index (κ2) is 8.47. The van der Waals surface area contributed by atoms with E-state index in [1.807, 2.05) is 17.9 Å². The average Bonchev–Trinajstić information content (AvgIpc) is 2.70. The third-order valence-corrected chi connectivity index (χ3v) is 4.27. The smallest absolute Gasteiger partial charge is 0.255 e. The molecule has 2 aromatic rings. The normalized spacial score (nSPS) is 13.9. The summed E-state index contributed by atoms with van der Waals surface area (Å²) in [6.07, 6.45) is 0.639. The van der Waals surface area contributed by atoms with Crippen molar-refractivity contribution < 1.29 is 9.53 Å². The van der Waals surface area contributed by atoms with Gasteiger partial charge in [0, 0.05) is 30.5 Å². The van der Waals surface area contributed by atoms with Gasteiger partial charge in [0.2, 0.25) is 11.9 Å². The van der Waals surface area contributed by atoms with Gasteiger partial charge in [-0.25, -0.2) is 4.98 Å². The summed E-state index contributed by atoms with van der Waals surface area (Å²) < 4.78 is 6.75. The van der Waals surface area contributed by atoms with Crippen LogP contribution in [-0.4, -0.2) is 41.8 Å². The van der Waals surface area contributed by atoms with Gasteiger partial charge in [0.05, 0.1) is 24.8 Å². The molecule has 1 aliphatic rings. The van der Waals surface area contributed by atoms with Crippen molar-refractivity contribution in [1.29, 1.82) is 5.26 Å². The van der Waals surface area contributed by atoms with Crippen molar-refractivity contribution in [1.82, 2.24) is 9.55 Å². The number of morpholine rings is 1. The standard InChI is InChI=1S/C19H21N5O3/c1-2-15-11-18(26)24(19(22-15)23-6-8-27-9-7-23)13-17(25)21-16-5-3-4-14(10-16)12-20/h3-5,10-11H,2,6-9,13H2,1H3,(H,21,25). The number of nitrogens with one attached hydrogen (secondary N) is 1. The van der Waals surface area contributed by atoms with Crippen molar-refractivity contribution in [2.75, 3.05) is 36.5 Å². The topological polar surface area (TPSA) is 100 Å². The molecule has 0 aliphatic carbocycles. The first-order valence-electron chi connectivity index (χ1n) is 8.84. The Balaban J connectivity index is 1.85. The van der Waals surface area contributed by atoms with Gasteiger partial charge in [0.15, 0.2) is 0 Å². The zero-order chi connectivity index (χ0) is 19.2. The lowest BCUT2D eigenvalue weighted by molar-refractivity contribution is -0.116. The zero-order valence-electron chi connectivity index (χ0n) is 15.1. The highest BCUT2D eigenvalue weighted by atomic mass is 16.5. The second-order valence-electron chi connectivity index (χ2n) is 6.17. The van der Waals surface area contributed by atoms with E-state index < -0.39 is 0 Å². The molecule has 0 unspecified atom stereocenters. The van der Waals surface area contributed by atoms with Gasteiger partial charge in [-0.1, -0.05) is 13.0 Å². The minimum absolute atomic E-state index is 0.153. The summed E-state index contributed by atoms with van der Waals surface area (Å²) in [6.45, 7) is 4.12. The van der Waals surface area contributed by atoms with Crippen molar-refractivity contribution in [2.24, 2.45) is 0 Å². The fourth-order valence-corrected chi connectivity index (χ4v) is 2.89. The number of carbonyl (C=O) groups excluding carboxylic acids is 1. The molecule has 8 heteroatoms. The molecule has 3 rings (SSSR count). The minimum Gasteiger partial charge on any atom is -0.378 e. The van der Waals surface area contributed by atoms with Crippen LogP contribution >= 0.6 is 0 Å². The molecular weight excluding hydrogens is 346 g/mol. The number of aryl methyl sites for hydroxylation is 1. The monoisotopic (exact) mass is 367 g/mol. The third-order valence-electron chi connectivity index (χ3n) is 4.27. The maximum absolute atomic E-state index is 12.6. The van der Waals surface area contributed by atoms with Gasteiger partial charge in [0.1, 0.15) is 6.54 Å². The Bertz CT molecular complexity index is 926. The number of rotatable bonds is 5. The number of nitriles is 1. The second-order valence-corrected chi connectivity index (χ2v) is 6.17. The van der Waals surface area contributed by atoms with Gasteiger partial charge in [-0.2, -0.15) is 5.26 Å². The number of amides is 1. The fraction of sp³-hybridized carbons (Fsp3) is 0.368. The lowest BCUT2D eigenvalue weighted by Crippen LogP contribution is -2.42. The van der Waals surface area contributed by atoms with E-state index in [-0.39, 0.29) is 18.0 Å². The number of anilines is 2. The van der Waals surface area contributed by atoms with Crippen LogP contribution in [-0.2, 0) is 22.5 Å². The molecule has 0 bridgehead atoms. The summed E-state index contributed by atoms with van der Waals surface area (Å²) in [5.41, 5.74) is 1.40. The molecule has 1 aliphatic heterocycles. The molecule has 0 radical (unpaired) electrons. The molecule has 1 fully saturated rings. The van der Waals surface area contributed by atoms with Crippen molar-refractivity contribution in [3.8, 4) is 6.07 Å². The zero-order valence-corrected chi connectivity index (χ0v) is 15.1. The molecule has 1 amide bonds. The third kappa shape index (κ3) is 4.51. The Morgan fingerprint density at radius 1 is 1.33 bits per heavy atom. The predicted octanol–water partition coefficient (Wildman–Crippen LogP) is 1.15. The first kappa shape index (κ1) is 18.6. The number of aromatic nitrogens is 2. The van der Waals surface area contributed by atoms with Gasteiger partial charge in [-0.3, -0.25) is 14.2 Å². The number of hydrogen-bond acceptors (Lipinski definition) is 6. The van der Waals surface area contributed by atoms with Crippen LogP contribution in [0.15, 0.2) is 35.1 Å². The van der Waals surface area contributed by atoms with Crippen molar-refractivity contribution in [3.05, 3.63) is 51.9 Å². The number of carbonyl (C=O) groups is 1. The molecule has 27 heavy (non-hydrogen) atoms. The van der Waals surface area contributed by atoms with E-state index in [4.69, 9.17) is 10.00 Å². The van der Waals surface area contributed by atoms with Gasteiger partial charge in [-0.15, -0.1) is 0 Å². The Hall–Kier alpha value is -3.18. The van der Waals surface area contributed by atoms with E-state index in [1.54, 1.807) is 24.3 Å². The van der Waals surface area contributed by atoms with Gasteiger partial charge >= 0.3 is 0 Å². The number of benzene rings is 1. The summed E-state index contributed by atoms with van der Waals surface area (Å²) >= 11 is 0.